The van der Waals surface area contributed by atoms with Crippen molar-refractivity contribution in [3.05, 3.63) is 41.9 Å². The van der Waals surface area contributed by atoms with E-state index in [-0.39, 0.29) is 6.04 Å². The lowest BCUT2D eigenvalue weighted by molar-refractivity contribution is -0.137. The topological polar surface area (TPSA) is 54.8 Å². The van der Waals surface area contributed by atoms with Crippen molar-refractivity contribution >= 4 is 5.82 Å². The zero-order valence-corrected chi connectivity index (χ0v) is 13.1. The number of alkyl halides is 3. The van der Waals surface area contributed by atoms with Crippen LogP contribution >= 0.6 is 0 Å². The van der Waals surface area contributed by atoms with Gasteiger partial charge >= 0.3 is 6.18 Å². The average Bonchev–Trinajstić information content (AvgIpc) is 2.93. The van der Waals surface area contributed by atoms with Crippen molar-refractivity contribution < 1.29 is 13.2 Å². The van der Waals surface area contributed by atoms with E-state index in [9.17, 15) is 13.2 Å². The molecule has 2 rings (SSSR count). The first-order valence-corrected chi connectivity index (χ1v) is 7.35. The first kappa shape index (κ1) is 17.3. The van der Waals surface area contributed by atoms with Gasteiger partial charge in [-0.25, -0.2) is 4.98 Å². The van der Waals surface area contributed by atoms with E-state index in [0.29, 0.717) is 12.4 Å². The highest BCUT2D eigenvalue weighted by Gasteiger charge is 2.30. The van der Waals surface area contributed by atoms with Crippen LogP contribution in [0.2, 0.25) is 0 Å². The molecule has 0 unspecified atom stereocenters. The Balaban J connectivity index is 1.67. The van der Waals surface area contributed by atoms with Gasteiger partial charge in [0.05, 0.1) is 11.8 Å². The van der Waals surface area contributed by atoms with Crippen LogP contribution in [0.15, 0.2) is 30.7 Å². The number of hydrogen-bond donors (Lipinski definition) is 2. The van der Waals surface area contributed by atoms with Crippen molar-refractivity contribution in [1.29, 1.82) is 0 Å². The van der Waals surface area contributed by atoms with Crippen LogP contribution < -0.4 is 10.6 Å². The van der Waals surface area contributed by atoms with Crippen molar-refractivity contribution in [1.82, 2.24) is 20.1 Å². The van der Waals surface area contributed by atoms with Gasteiger partial charge in [-0.3, -0.25) is 4.68 Å². The Morgan fingerprint density at radius 1 is 1.22 bits per heavy atom. The van der Waals surface area contributed by atoms with Crippen molar-refractivity contribution in [3.8, 4) is 0 Å². The van der Waals surface area contributed by atoms with E-state index < -0.39 is 11.7 Å². The molecule has 0 aliphatic heterocycles. The summed E-state index contributed by atoms with van der Waals surface area (Å²) in [7, 11) is 1.87. The van der Waals surface area contributed by atoms with Gasteiger partial charge in [0.25, 0.3) is 0 Å². The molecule has 0 bridgehead atoms. The molecule has 0 spiro atoms. The summed E-state index contributed by atoms with van der Waals surface area (Å²) in [5, 5.41) is 10.5. The molecule has 2 N–H and O–H groups in total. The minimum absolute atomic E-state index is 0.202. The Hall–Kier alpha value is -2.09. The van der Waals surface area contributed by atoms with Gasteiger partial charge in [0.1, 0.15) is 5.82 Å². The molecule has 126 valence electrons. The van der Waals surface area contributed by atoms with E-state index in [1.165, 1.54) is 6.07 Å². The van der Waals surface area contributed by atoms with Crippen LogP contribution in [0.25, 0.3) is 0 Å². The molecule has 0 aromatic carbocycles. The van der Waals surface area contributed by atoms with Crippen molar-refractivity contribution in [2.24, 2.45) is 7.05 Å². The fourth-order valence-corrected chi connectivity index (χ4v) is 2.07. The van der Waals surface area contributed by atoms with Gasteiger partial charge in [-0.2, -0.15) is 18.3 Å². The predicted molar refractivity (Wildman–Crippen MR) is 82.0 cm³/mol. The number of nitrogens with zero attached hydrogens (tertiary/aromatic N) is 3. The maximum Gasteiger partial charge on any atom is 0.417 e. The minimum Gasteiger partial charge on any atom is -0.370 e. The molecule has 0 fully saturated rings. The summed E-state index contributed by atoms with van der Waals surface area (Å²) >= 11 is 0. The number of aryl methyl sites for hydroxylation is 1. The van der Waals surface area contributed by atoms with Crippen LogP contribution in [0.1, 0.15) is 30.5 Å². The molecule has 23 heavy (non-hydrogen) atoms. The zero-order valence-electron chi connectivity index (χ0n) is 13.1. The maximum absolute atomic E-state index is 12.4. The second kappa shape index (κ2) is 7.45. The number of pyridine rings is 1. The Labute approximate surface area is 132 Å². The summed E-state index contributed by atoms with van der Waals surface area (Å²) in [6.07, 6.45) is 1.10. The lowest BCUT2D eigenvalue weighted by Gasteiger charge is -2.12. The van der Waals surface area contributed by atoms with E-state index in [2.05, 4.69) is 27.6 Å². The normalized spacial score (nSPS) is 13.1. The van der Waals surface area contributed by atoms with Gasteiger partial charge in [-0.05, 0) is 32.0 Å². The number of nitrogens with one attached hydrogen (secondary N) is 2. The first-order valence-electron chi connectivity index (χ1n) is 7.35. The van der Waals surface area contributed by atoms with Crippen LogP contribution in [0, 0.1) is 0 Å². The summed E-state index contributed by atoms with van der Waals surface area (Å²) in [5.74, 6) is 0.443. The van der Waals surface area contributed by atoms with Crippen molar-refractivity contribution in [2.75, 3.05) is 18.4 Å². The van der Waals surface area contributed by atoms with Crippen LogP contribution in [0.5, 0.6) is 0 Å². The SMILES string of the molecule is C[C@H](NCCCNc1ccc(C(F)(F)F)cn1)c1cnn(C)c1. The molecule has 2 aromatic rings. The highest BCUT2D eigenvalue weighted by Crippen LogP contribution is 2.28. The second-order valence-corrected chi connectivity index (χ2v) is 5.33. The number of aromatic nitrogens is 3. The van der Waals surface area contributed by atoms with E-state index in [1.807, 2.05) is 19.4 Å². The summed E-state index contributed by atoms with van der Waals surface area (Å²) in [6.45, 7) is 3.47. The second-order valence-electron chi connectivity index (χ2n) is 5.33. The Morgan fingerprint density at radius 2 is 2.00 bits per heavy atom. The predicted octanol–water partition coefficient (Wildman–Crippen LogP) is 2.99. The number of hydrogen-bond acceptors (Lipinski definition) is 4. The van der Waals surface area contributed by atoms with Crippen LogP contribution in [0.3, 0.4) is 0 Å². The van der Waals surface area contributed by atoms with Gasteiger partial charge in [0, 0.05) is 37.6 Å². The smallest absolute Gasteiger partial charge is 0.370 e. The highest BCUT2D eigenvalue weighted by atomic mass is 19.4. The third-order valence-electron chi connectivity index (χ3n) is 3.43. The molecule has 8 heteroatoms. The monoisotopic (exact) mass is 327 g/mol. The molecule has 0 saturated carbocycles. The van der Waals surface area contributed by atoms with Gasteiger partial charge < -0.3 is 10.6 Å². The molecule has 0 saturated heterocycles. The lowest BCUT2D eigenvalue weighted by atomic mass is 10.2. The number of anilines is 1. The molecule has 0 radical (unpaired) electrons. The molecular weight excluding hydrogens is 307 g/mol. The minimum atomic E-state index is -4.35. The number of halogens is 3. The molecule has 2 aromatic heterocycles. The summed E-state index contributed by atoms with van der Waals surface area (Å²) in [4.78, 5) is 3.77. The van der Waals surface area contributed by atoms with Gasteiger partial charge in [0.2, 0.25) is 0 Å². The third-order valence-corrected chi connectivity index (χ3v) is 3.43. The molecule has 0 amide bonds. The fourth-order valence-electron chi connectivity index (χ4n) is 2.07. The Morgan fingerprint density at radius 3 is 2.57 bits per heavy atom. The summed E-state index contributed by atoms with van der Waals surface area (Å²) in [5.41, 5.74) is 0.375. The molecule has 2 heterocycles. The van der Waals surface area contributed by atoms with Crippen LogP contribution in [0.4, 0.5) is 19.0 Å². The molecule has 0 aliphatic rings. The first-order chi connectivity index (χ1) is 10.9. The van der Waals surface area contributed by atoms with Crippen molar-refractivity contribution in [2.45, 2.75) is 25.6 Å². The van der Waals surface area contributed by atoms with E-state index in [4.69, 9.17) is 0 Å². The van der Waals surface area contributed by atoms with Gasteiger partial charge in [-0.1, -0.05) is 0 Å². The number of rotatable bonds is 7. The third kappa shape index (κ3) is 5.24. The molecular formula is C15H20F3N5. The standard InChI is InChI=1S/C15H20F3N5/c1-11(12-8-22-23(2)10-12)19-6-3-7-20-14-5-4-13(9-21-14)15(16,17)18/h4-5,8-11,19H,3,6-7H2,1-2H3,(H,20,21)/t11-/m0/s1. The van der Waals surface area contributed by atoms with Crippen LogP contribution in [-0.2, 0) is 13.2 Å². The molecule has 1 atom stereocenters. The average molecular weight is 327 g/mol. The van der Waals surface area contributed by atoms with E-state index in [0.717, 1.165) is 30.8 Å². The molecule has 5 nitrogen and oxygen atoms in total. The quantitative estimate of drug-likeness (QED) is 0.768. The van der Waals surface area contributed by atoms with E-state index >= 15 is 0 Å². The van der Waals surface area contributed by atoms with E-state index in [1.54, 1.807) is 4.68 Å². The molecule has 0 aliphatic carbocycles. The van der Waals surface area contributed by atoms with Crippen LogP contribution in [-0.4, -0.2) is 27.9 Å². The Bertz CT molecular complexity index is 606. The van der Waals surface area contributed by atoms with Gasteiger partial charge in [0.15, 0.2) is 0 Å². The largest absolute Gasteiger partial charge is 0.417 e. The lowest BCUT2D eigenvalue weighted by Crippen LogP contribution is -2.21. The van der Waals surface area contributed by atoms with Gasteiger partial charge in [-0.15, -0.1) is 0 Å². The fraction of sp³-hybridized carbons (Fsp3) is 0.467. The summed E-state index contributed by atoms with van der Waals surface area (Å²) in [6, 6.07) is 2.57. The maximum atomic E-state index is 12.4. The summed E-state index contributed by atoms with van der Waals surface area (Å²) < 4.78 is 39.0. The van der Waals surface area contributed by atoms with Crippen molar-refractivity contribution in [3.63, 3.8) is 0 Å². The zero-order chi connectivity index (χ0) is 16.9. The Kier molecular flexibility index (Phi) is 5.59. The highest BCUT2D eigenvalue weighted by molar-refractivity contribution is 5.35.